The Morgan fingerprint density at radius 3 is 2.10 bits per heavy atom. The third-order valence-electron chi connectivity index (χ3n) is 4.56. The second-order valence-electron chi connectivity index (χ2n) is 6.54. The number of piperazine rings is 1. The lowest BCUT2D eigenvalue weighted by Crippen LogP contribution is -2.45. The van der Waals surface area contributed by atoms with E-state index in [0.29, 0.717) is 31.7 Å². The third kappa shape index (κ3) is 5.55. The average Bonchev–Trinajstić information content (AvgIpc) is 2.63. The van der Waals surface area contributed by atoms with E-state index in [1.54, 1.807) is 0 Å². The van der Waals surface area contributed by atoms with E-state index < -0.39 is 29.9 Å². The van der Waals surface area contributed by atoms with E-state index in [9.17, 15) is 26.3 Å². The maximum Gasteiger partial charge on any atom is 0.573 e. The van der Waals surface area contributed by atoms with Crippen molar-refractivity contribution >= 4 is 11.6 Å². The van der Waals surface area contributed by atoms with E-state index in [1.807, 2.05) is 4.90 Å². The molecule has 3 rings (SSSR count). The fourth-order valence-electron chi connectivity index (χ4n) is 3.31. The summed E-state index contributed by atoms with van der Waals surface area (Å²) in [4.78, 5) is 1.94. The van der Waals surface area contributed by atoms with E-state index in [2.05, 4.69) is 10.1 Å². The zero-order valence-corrected chi connectivity index (χ0v) is 15.7. The van der Waals surface area contributed by atoms with Crippen LogP contribution in [-0.2, 0) is 6.18 Å². The molecule has 0 spiro atoms. The van der Waals surface area contributed by atoms with Gasteiger partial charge < -0.3 is 10.1 Å². The predicted molar refractivity (Wildman–Crippen MR) is 95.9 cm³/mol. The van der Waals surface area contributed by atoms with Gasteiger partial charge in [-0.15, -0.1) is 13.2 Å². The Morgan fingerprint density at radius 2 is 1.55 bits per heavy atom. The highest BCUT2D eigenvalue weighted by atomic mass is 35.5. The summed E-state index contributed by atoms with van der Waals surface area (Å²) in [7, 11) is 0. The minimum Gasteiger partial charge on any atom is -0.406 e. The number of ether oxygens (including phenoxy) is 1. The first kappa shape index (κ1) is 21.7. The van der Waals surface area contributed by atoms with Gasteiger partial charge >= 0.3 is 12.5 Å². The second-order valence-corrected chi connectivity index (χ2v) is 6.95. The quantitative estimate of drug-likeness (QED) is 0.660. The molecule has 158 valence electrons. The fraction of sp³-hybridized carbons (Fsp3) is 0.368. The SMILES string of the molecule is FC(F)(F)Oc1ccc([C@H](c2cc(C(F)(F)F)ccc2Cl)N2CCNCC2)cc1. The van der Waals surface area contributed by atoms with Gasteiger partial charge in [0, 0.05) is 31.2 Å². The predicted octanol–water partition coefficient (Wildman–Crippen LogP) is 5.25. The van der Waals surface area contributed by atoms with Crippen LogP contribution >= 0.6 is 11.6 Å². The number of alkyl halides is 6. The summed E-state index contributed by atoms with van der Waals surface area (Å²) < 4.78 is 80.8. The van der Waals surface area contributed by atoms with E-state index >= 15 is 0 Å². The zero-order chi connectivity index (χ0) is 21.2. The maximum absolute atomic E-state index is 13.2. The Kier molecular flexibility index (Phi) is 6.30. The molecule has 0 radical (unpaired) electrons. The Hall–Kier alpha value is -1.97. The summed E-state index contributed by atoms with van der Waals surface area (Å²) in [5.74, 6) is -0.407. The van der Waals surface area contributed by atoms with Gasteiger partial charge in [-0.25, -0.2) is 0 Å². The number of hydrogen-bond donors (Lipinski definition) is 1. The maximum atomic E-state index is 13.2. The van der Waals surface area contributed by atoms with Crippen LogP contribution < -0.4 is 10.1 Å². The van der Waals surface area contributed by atoms with Crippen LogP contribution in [0.4, 0.5) is 26.3 Å². The zero-order valence-electron chi connectivity index (χ0n) is 14.9. The molecule has 3 nitrogen and oxygen atoms in total. The van der Waals surface area contributed by atoms with Gasteiger partial charge in [-0.05, 0) is 41.5 Å². The molecular formula is C19H17ClF6N2O. The van der Waals surface area contributed by atoms with Crippen LogP contribution in [-0.4, -0.2) is 37.4 Å². The van der Waals surface area contributed by atoms with Crippen LogP contribution in [0, 0.1) is 0 Å². The summed E-state index contributed by atoms with van der Waals surface area (Å²) in [5, 5.41) is 3.31. The molecule has 1 saturated heterocycles. The number of rotatable bonds is 4. The molecule has 0 saturated carbocycles. The Morgan fingerprint density at radius 1 is 0.931 bits per heavy atom. The van der Waals surface area contributed by atoms with Gasteiger partial charge in [-0.3, -0.25) is 4.90 Å². The molecular weight excluding hydrogens is 422 g/mol. The highest BCUT2D eigenvalue weighted by Crippen LogP contribution is 2.38. The third-order valence-corrected chi connectivity index (χ3v) is 4.91. The van der Waals surface area contributed by atoms with Gasteiger partial charge in [0.05, 0.1) is 11.6 Å². The largest absolute Gasteiger partial charge is 0.573 e. The standard InChI is InChI=1S/C19H17ClF6N2O/c20-16-6-3-13(18(21,22)23)11-15(16)17(28-9-7-27-8-10-28)12-1-4-14(5-2-12)29-19(24,25)26/h1-6,11,17,27H,7-10H2/t17-/m1/s1. The lowest BCUT2D eigenvalue weighted by atomic mass is 9.94. The molecule has 0 aliphatic carbocycles. The van der Waals surface area contributed by atoms with Crippen LogP contribution in [0.5, 0.6) is 5.75 Å². The first-order valence-corrected chi connectivity index (χ1v) is 9.09. The molecule has 0 amide bonds. The van der Waals surface area contributed by atoms with Gasteiger partial charge in [-0.1, -0.05) is 23.7 Å². The highest BCUT2D eigenvalue weighted by Gasteiger charge is 2.34. The number of halogens is 7. The number of nitrogens with zero attached hydrogens (tertiary/aromatic N) is 1. The van der Waals surface area contributed by atoms with Crippen LogP contribution in [0.1, 0.15) is 22.7 Å². The van der Waals surface area contributed by atoms with Gasteiger partial charge in [0.25, 0.3) is 0 Å². The van der Waals surface area contributed by atoms with Crippen molar-refractivity contribution in [3.8, 4) is 5.75 Å². The number of benzene rings is 2. The Balaban J connectivity index is 2.02. The molecule has 2 aromatic carbocycles. The molecule has 0 bridgehead atoms. The van der Waals surface area contributed by atoms with Gasteiger partial charge in [0.15, 0.2) is 0 Å². The minimum atomic E-state index is -4.83. The van der Waals surface area contributed by atoms with E-state index in [-0.39, 0.29) is 10.6 Å². The van der Waals surface area contributed by atoms with Crippen molar-refractivity contribution in [3.05, 3.63) is 64.2 Å². The summed E-state index contributed by atoms with van der Waals surface area (Å²) in [6.07, 6.45) is -9.37. The van der Waals surface area contributed by atoms with E-state index in [1.165, 1.54) is 18.2 Å². The monoisotopic (exact) mass is 438 g/mol. The molecule has 29 heavy (non-hydrogen) atoms. The topological polar surface area (TPSA) is 24.5 Å². The van der Waals surface area contributed by atoms with Crippen LogP contribution in [0.15, 0.2) is 42.5 Å². The molecule has 1 heterocycles. The molecule has 0 unspecified atom stereocenters. The van der Waals surface area contributed by atoms with Crippen molar-refractivity contribution in [2.24, 2.45) is 0 Å². The lowest BCUT2D eigenvalue weighted by Gasteiger charge is -2.36. The first-order valence-electron chi connectivity index (χ1n) is 8.72. The second kappa shape index (κ2) is 8.41. The van der Waals surface area contributed by atoms with Crippen LogP contribution in [0.3, 0.4) is 0 Å². The summed E-state index contributed by atoms with van der Waals surface area (Å²) in [6.45, 7) is 2.33. The van der Waals surface area contributed by atoms with Crippen LogP contribution in [0.2, 0.25) is 5.02 Å². The van der Waals surface area contributed by atoms with Crippen molar-refractivity contribution in [2.75, 3.05) is 26.2 Å². The summed E-state index contributed by atoms with van der Waals surface area (Å²) in [6, 6.07) is 7.53. The van der Waals surface area contributed by atoms with Crippen molar-refractivity contribution in [1.82, 2.24) is 10.2 Å². The summed E-state index contributed by atoms with van der Waals surface area (Å²) >= 11 is 6.25. The Labute approximate surface area is 168 Å². The first-order chi connectivity index (χ1) is 13.5. The molecule has 1 atom stereocenters. The van der Waals surface area contributed by atoms with Gasteiger partial charge in [-0.2, -0.15) is 13.2 Å². The van der Waals surface area contributed by atoms with E-state index in [4.69, 9.17) is 11.6 Å². The van der Waals surface area contributed by atoms with Crippen molar-refractivity contribution < 1.29 is 31.1 Å². The van der Waals surface area contributed by atoms with Crippen molar-refractivity contribution in [1.29, 1.82) is 0 Å². The number of hydrogen-bond acceptors (Lipinski definition) is 3. The minimum absolute atomic E-state index is 0.150. The van der Waals surface area contributed by atoms with Crippen LogP contribution in [0.25, 0.3) is 0 Å². The van der Waals surface area contributed by atoms with Gasteiger partial charge in [0.2, 0.25) is 0 Å². The van der Waals surface area contributed by atoms with Crippen molar-refractivity contribution in [2.45, 2.75) is 18.6 Å². The molecule has 1 aliphatic heterocycles. The lowest BCUT2D eigenvalue weighted by molar-refractivity contribution is -0.274. The van der Waals surface area contributed by atoms with E-state index in [0.717, 1.165) is 24.3 Å². The van der Waals surface area contributed by atoms with Gasteiger partial charge in [0.1, 0.15) is 5.75 Å². The molecule has 1 fully saturated rings. The average molecular weight is 439 g/mol. The van der Waals surface area contributed by atoms with Crippen molar-refractivity contribution in [3.63, 3.8) is 0 Å². The molecule has 2 aromatic rings. The molecule has 10 heteroatoms. The highest BCUT2D eigenvalue weighted by molar-refractivity contribution is 6.31. The molecule has 1 aliphatic rings. The smallest absolute Gasteiger partial charge is 0.406 e. The Bertz CT molecular complexity index is 832. The number of nitrogens with one attached hydrogen (secondary N) is 1. The molecule has 0 aromatic heterocycles. The normalized spacial score (nSPS) is 17.2. The summed E-state index contributed by atoms with van der Waals surface area (Å²) in [5.41, 5.74) is -0.0791. The molecule has 1 N–H and O–H groups in total. The fourth-order valence-corrected chi connectivity index (χ4v) is 3.53.